The smallest absolute Gasteiger partial charge is 0.306 e. The van der Waals surface area contributed by atoms with Gasteiger partial charge < -0.3 is 18.9 Å². The third kappa shape index (κ3) is 2.66. The lowest BCUT2D eigenvalue weighted by Crippen LogP contribution is -2.48. The van der Waals surface area contributed by atoms with Crippen LogP contribution in [-0.2, 0) is 19.7 Å². The van der Waals surface area contributed by atoms with Crippen molar-refractivity contribution in [1.82, 2.24) is 0 Å². The number of methoxy groups -OCH3 is 3. The Bertz CT molecular complexity index is 443. The lowest BCUT2D eigenvalue weighted by Gasteiger charge is -2.41. The van der Waals surface area contributed by atoms with E-state index in [1.54, 1.807) is 20.3 Å². The predicted octanol–water partition coefficient (Wildman–Crippen LogP) is 1.53. The van der Waals surface area contributed by atoms with E-state index in [1.807, 2.05) is 12.1 Å². The number of hydrogen-bond acceptors (Lipinski definition) is 5. The number of ether oxygens (including phenoxy) is 4. The largest absolute Gasteiger partial charge is 0.497 e. The summed E-state index contributed by atoms with van der Waals surface area (Å²) < 4.78 is 20.6. The van der Waals surface area contributed by atoms with E-state index in [9.17, 15) is 4.79 Å². The molecule has 0 aliphatic carbocycles. The number of carbonyl (C=O) groups excluding carboxylic acids is 1. The number of rotatable bonds is 5. The maximum atomic E-state index is 11.6. The monoisotopic (exact) mass is 266 g/mol. The van der Waals surface area contributed by atoms with Gasteiger partial charge in [0.2, 0.25) is 0 Å². The lowest BCUT2D eigenvalue weighted by atomic mass is 9.75. The number of benzene rings is 1. The second kappa shape index (κ2) is 5.48. The molecule has 0 N–H and O–H groups in total. The van der Waals surface area contributed by atoms with E-state index < -0.39 is 0 Å². The van der Waals surface area contributed by atoms with Crippen LogP contribution in [-0.4, -0.2) is 40.5 Å². The van der Waals surface area contributed by atoms with Crippen molar-refractivity contribution in [3.05, 3.63) is 23.8 Å². The van der Waals surface area contributed by atoms with Crippen LogP contribution < -0.4 is 9.47 Å². The molecule has 0 unspecified atom stereocenters. The first-order valence-electron chi connectivity index (χ1n) is 6.01. The van der Waals surface area contributed by atoms with Crippen molar-refractivity contribution in [1.29, 1.82) is 0 Å². The van der Waals surface area contributed by atoms with Crippen LogP contribution in [0.15, 0.2) is 18.2 Å². The van der Waals surface area contributed by atoms with Gasteiger partial charge in [0, 0.05) is 6.07 Å². The van der Waals surface area contributed by atoms with Gasteiger partial charge in [-0.2, -0.15) is 0 Å². The molecule has 0 amide bonds. The molecule has 0 aromatic heterocycles. The highest BCUT2D eigenvalue weighted by molar-refractivity contribution is 5.72. The molecule has 104 valence electrons. The summed E-state index contributed by atoms with van der Waals surface area (Å²) in [4.78, 5) is 11.6. The van der Waals surface area contributed by atoms with Crippen molar-refractivity contribution in [3.8, 4) is 11.5 Å². The van der Waals surface area contributed by atoms with Crippen molar-refractivity contribution in [2.24, 2.45) is 0 Å². The van der Waals surface area contributed by atoms with Crippen molar-refractivity contribution >= 4 is 5.97 Å². The van der Waals surface area contributed by atoms with E-state index in [4.69, 9.17) is 18.9 Å². The Labute approximate surface area is 112 Å². The van der Waals surface area contributed by atoms with Crippen LogP contribution in [0.25, 0.3) is 0 Å². The van der Waals surface area contributed by atoms with Crippen LogP contribution >= 0.6 is 0 Å². The van der Waals surface area contributed by atoms with Crippen LogP contribution in [0.4, 0.5) is 0 Å². The highest BCUT2D eigenvalue weighted by Gasteiger charge is 2.43. The molecule has 0 spiro atoms. The topological polar surface area (TPSA) is 54.0 Å². The van der Waals surface area contributed by atoms with Crippen molar-refractivity contribution < 1.29 is 23.7 Å². The maximum Gasteiger partial charge on any atom is 0.306 e. The van der Waals surface area contributed by atoms with Gasteiger partial charge in [0.25, 0.3) is 0 Å². The molecule has 1 aliphatic rings. The Morgan fingerprint density at radius 1 is 1.16 bits per heavy atom. The molecule has 0 atom stereocenters. The van der Waals surface area contributed by atoms with E-state index in [2.05, 4.69) is 0 Å². The molecule has 5 heteroatoms. The van der Waals surface area contributed by atoms with Crippen LogP contribution in [0.3, 0.4) is 0 Å². The maximum absolute atomic E-state index is 11.6. The van der Waals surface area contributed by atoms with Gasteiger partial charge in [0.1, 0.15) is 11.5 Å². The molecule has 2 rings (SSSR count). The summed E-state index contributed by atoms with van der Waals surface area (Å²) in [7, 11) is 4.59. The third-order valence-corrected chi connectivity index (χ3v) is 3.43. The third-order valence-electron chi connectivity index (χ3n) is 3.43. The SMILES string of the molecule is COC(=O)CC1(c2cc(OC)cc(OC)c2)COC1. The second-order valence-corrected chi connectivity index (χ2v) is 4.63. The fourth-order valence-electron chi connectivity index (χ4n) is 2.18. The van der Waals surface area contributed by atoms with E-state index in [0.717, 1.165) is 5.56 Å². The zero-order valence-corrected chi connectivity index (χ0v) is 11.4. The molecular formula is C14H18O5. The van der Waals surface area contributed by atoms with E-state index >= 15 is 0 Å². The van der Waals surface area contributed by atoms with Gasteiger partial charge in [0.15, 0.2) is 0 Å². The highest BCUT2D eigenvalue weighted by atomic mass is 16.5. The summed E-state index contributed by atoms with van der Waals surface area (Å²) in [6.07, 6.45) is 0.291. The molecular weight excluding hydrogens is 248 g/mol. The molecule has 0 radical (unpaired) electrons. The average molecular weight is 266 g/mol. The molecule has 1 aromatic rings. The van der Waals surface area contributed by atoms with Gasteiger partial charge in [-0.25, -0.2) is 0 Å². The lowest BCUT2D eigenvalue weighted by molar-refractivity contribution is -0.148. The molecule has 5 nitrogen and oxygen atoms in total. The summed E-state index contributed by atoms with van der Waals surface area (Å²) in [5, 5.41) is 0. The first kappa shape index (κ1) is 13.7. The number of hydrogen-bond donors (Lipinski definition) is 0. The minimum absolute atomic E-state index is 0.245. The van der Waals surface area contributed by atoms with Gasteiger partial charge in [-0.05, 0) is 17.7 Å². The van der Waals surface area contributed by atoms with Crippen LogP contribution in [0.1, 0.15) is 12.0 Å². The molecule has 1 fully saturated rings. The van der Waals surface area contributed by atoms with Crippen LogP contribution in [0, 0.1) is 0 Å². The fourth-order valence-corrected chi connectivity index (χ4v) is 2.18. The van der Waals surface area contributed by atoms with Gasteiger partial charge in [-0.15, -0.1) is 0 Å². The Morgan fingerprint density at radius 2 is 1.74 bits per heavy atom. The predicted molar refractivity (Wildman–Crippen MR) is 68.7 cm³/mol. The Morgan fingerprint density at radius 3 is 2.11 bits per heavy atom. The summed E-state index contributed by atoms with van der Waals surface area (Å²) >= 11 is 0. The van der Waals surface area contributed by atoms with Crippen LogP contribution in [0.2, 0.25) is 0 Å². The fraction of sp³-hybridized carbons (Fsp3) is 0.500. The Kier molecular flexibility index (Phi) is 3.95. The summed E-state index contributed by atoms with van der Waals surface area (Å²) in [6, 6.07) is 5.62. The van der Waals surface area contributed by atoms with Crippen LogP contribution in [0.5, 0.6) is 11.5 Å². The molecule has 1 saturated heterocycles. The van der Waals surface area contributed by atoms with E-state index in [1.165, 1.54) is 7.11 Å². The molecule has 1 heterocycles. The molecule has 19 heavy (non-hydrogen) atoms. The summed E-state index contributed by atoms with van der Waals surface area (Å²) in [5.74, 6) is 1.15. The van der Waals surface area contributed by atoms with E-state index in [0.29, 0.717) is 31.1 Å². The van der Waals surface area contributed by atoms with Crippen molar-refractivity contribution in [2.75, 3.05) is 34.5 Å². The van der Waals surface area contributed by atoms with E-state index in [-0.39, 0.29) is 11.4 Å². The van der Waals surface area contributed by atoms with Crippen molar-refractivity contribution in [3.63, 3.8) is 0 Å². The Hall–Kier alpha value is -1.75. The molecule has 0 bridgehead atoms. The van der Waals surface area contributed by atoms with Gasteiger partial charge in [-0.3, -0.25) is 4.79 Å². The van der Waals surface area contributed by atoms with Gasteiger partial charge in [-0.1, -0.05) is 0 Å². The quantitative estimate of drug-likeness (QED) is 0.757. The number of carbonyl (C=O) groups is 1. The zero-order chi connectivity index (χ0) is 13.9. The summed E-state index contributed by atoms with van der Waals surface area (Å²) in [5.41, 5.74) is 0.634. The normalized spacial score (nSPS) is 16.4. The molecule has 0 saturated carbocycles. The molecule has 1 aliphatic heterocycles. The highest BCUT2D eigenvalue weighted by Crippen LogP contribution is 2.39. The Balaban J connectivity index is 2.34. The van der Waals surface area contributed by atoms with Gasteiger partial charge >= 0.3 is 5.97 Å². The molecule has 1 aromatic carbocycles. The zero-order valence-electron chi connectivity index (χ0n) is 11.4. The standard InChI is InChI=1S/C14H18O5/c1-16-11-4-10(5-12(6-11)17-2)14(8-19-9-14)7-13(15)18-3/h4-6H,7-9H2,1-3H3. The van der Waals surface area contributed by atoms with Gasteiger partial charge in [0.05, 0.1) is 46.4 Å². The summed E-state index contributed by atoms with van der Waals surface area (Å²) in [6.45, 7) is 0.997. The minimum atomic E-state index is -0.338. The first-order valence-corrected chi connectivity index (χ1v) is 6.01. The minimum Gasteiger partial charge on any atom is -0.497 e. The average Bonchev–Trinajstić information content (AvgIpc) is 2.41. The second-order valence-electron chi connectivity index (χ2n) is 4.63. The number of esters is 1. The first-order chi connectivity index (χ1) is 9.13. The van der Waals surface area contributed by atoms with Crippen molar-refractivity contribution in [2.45, 2.75) is 11.8 Å².